The molecule has 3 N–H and O–H groups in total. The first-order valence-electron chi connectivity index (χ1n) is 7.81. The minimum atomic E-state index is -1.04. The molecule has 8 nitrogen and oxygen atoms in total. The largest absolute Gasteiger partial charge is 0.497 e. The number of amides is 2. The number of furan rings is 1. The molecule has 142 valence electrons. The second-order valence-corrected chi connectivity index (χ2v) is 6.07. The number of carbonyl (C=O) groups is 3. The lowest BCUT2D eigenvalue weighted by molar-refractivity contribution is -0.136. The molecule has 0 unspecified atom stereocenters. The monoisotopic (exact) mass is 436 g/mol. The summed E-state index contributed by atoms with van der Waals surface area (Å²) in [5.41, 5.74) is 0.586. The number of rotatable bonds is 8. The Bertz CT molecular complexity index is 857. The van der Waals surface area contributed by atoms with Crippen molar-refractivity contribution in [2.24, 2.45) is 0 Å². The maximum atomic E-state index is 12.4. The normalized spacial score (nSPS) is 11.0. The number of hydrogen-bond donors (Lipinski definition) is 3. The Morgan fingerprint density at radius 1 is 1.19 bits per heavy atom. The molecule has 0 aliphatic heterocycles. The van der Waals surface area contributed by atoms with E-state index in [9.17, 15) is 14.4 Å². The van der Waals surface area contributed by atoms with E-state index in [1.807, 2.05) is 0 Å². The Kier molecular flexibility index (Phi) is 7.18. The highest BCUT2D eigenvalue weighted by atomic mass is 79.9. The molecule has 2 aromatic rings. The van der Waals surface area contributed by atoms with Gasteiger partial charge in [0, 0.05) is 6.54 Å². The second kappa shape index (κ2) is 9.58. The molecule has 0 radical (unpaired) electrons. The van der Waals surface area contributed by atoms with Gasteiger partial charge in [-0.2, -0.15) is 0 Å². The average molecular weight is 437 g/mol. The minimum Gasteiger partial charge on any atom is -0.497 e. The number of carboxylic acids is 1. The van der Waals surface area contributed by atoms with Crippen LogP contribution in [0.15, 0.2) is 51.2 Å². The molecule has 0 saturated carbocycles. The zero-order chi connectivity index (χ0) is 19.8. The van der Waals surface area contributed by atoms with Gasteiger partial charge in [0.15, 0.2) is 10.4 Å². The van der Waals surface area contributed by atoms with Crippen molar-refractivity contribution >= 4 is 39.8 Å². The van der Waals surface area contributed by atoms with Crippen LogP contribution in [-0.4, -0.2) is 36.5 Å². The fraction of sp³-hybridized carbons (Fsp3) is 0.167. The molecule has 2 rings (SSSR count). The fourth-order valence-corrected chi connectivity index (χ4v) is 2.33. The summed E-state index contributed by atoms with van der Waals surface area (Å²) >= 11 is 3.10. The molecule has 1 heterocycles. The molecule has 0 atom stereocenters. The molecule has 2 amide bonds. The number of nitrogens with one attached hydrogen (secondary N) is 2. The highest BCUT2D eigenvalue weighted by Crippen LogP contribution is 2.16. The summed E-state index contributed by atoms with van der Waals surface area (Å²) in [7, 11) is 1.54. The summed E-state index contributed by atoms with van der Waals surface area (Å²) < 4.78 is 10.6. The summed E-state index contributed by atoms with van der Waals surface area (Å²) in [5, 5.41) is 13.6. The van der Waals surface area contributed by atoms with Gasteiger partial charge < -0.3 is 24.9 Å². The van der Waals surface area contributed by atoms with Gasteiger partial charge in [-0.05, 0) is 51.8 Å². The summed E-state index contributed by atoms with van der Waals surface area (Å²) in [6.07, 6.45) is 1.23. The van der Waals surface area contributed by atoms with Crippen LogP contribution in [0.2, 0.25) is 0 Å². The second-order valence-electron chi connectivity index (χ2n) is 5.29. The standard InChI is InChI=1S/C18H17BrN2O6/c1-26-12-4-2-11(3-5-12)10-13(17(24)20-9-8-16(22)23)21-18(25)14-6-7-15(19)27-14/h2-7,10H,8-9H2,1H3,(H,20,24)(H,21,25)(H,22,23). The predicted molar refractivity (Wildman–Crippen MR) is 100 cm³/mol. The van der Waals surface area contributed by atoms with Crippen molar-refractivity contribution in [3.63, 3.8) is 0 Å². The van der Waals surface area contributed by atoms with Gasteiger partial charge in [-0.3, -0.25) is 14.4 Å². The number of halogens is 1. The van der Waals surface area contributed by atoms with Gasteiger partial charge in [0.2, 0.25) is 0 Å². The van der Waals surface area contributed by atoms with Gasteiger partial charge in [-0.25, -0.2) is 0 Å². The van der Waals surface area contributed by atoms with E-state index in [4.69, 9.17) is 14.3 Å². The maximum absolute atomic E-state index is 12.4. The van der Waals surface area contributed by atoms with E-state index in [0.29, 0.717) is 16.0 Å². The predicted octanol–water partition coefficient (Wildman–Crippen LogP) is 2.41. The van der Waals surface area contributed by atoms with E-state index in [0.717, 1.165) is 0 Å². The van der Waals surface area contributed by atoms with E-state index in [2.05, 4.69) is 26.6 Å². The van der Waals surface area contributed by atoms with Crippen molar-refractivity contribution in [2.75, 3.05) is 13.7 Å². The Morgan fingerprint density at radius 3 is 2.44 bits per heavy atom. The number of methoxy groups -OCH3 is 1. The SMILES string of the molecule is COc1ccc(C=C(NC(=O)c2ccc(Br)o2)C(=O)NCCC(=O)O)cc1. The van der Waals surface area contributed by atoms with Gasteiger partial charge in [-0.15, -0.1) is 0 Å². The van der Waals surface area contributed by atoms with Crippen LogP contribution in [0.25, 0.3) is 6.08 Å². The summed E-state index contributed by atoms with van der Waals surface area (Å²) in [5.74, 6) is -1.62. The highest BCUT2D eigenvalue weighted by molar-refractivity contribution is 9.10. The minimum absolute atomic E-state index is 0.0147. The van der Waals surface area contributed by atoms with Crippen LogP contribution in [0.5, 0.6) is 5.75 Å². The Balaban J connectivity index is 2.20. The number of aliphatic carboxylic acids is 1. The lowest BCUT2D eigenvalue weighted by Crippen LogP contribution is -2.35. The number of ether oxygens (including phenoxy) is 1. The third-order valence-electron chi connectivity index (χ3n) is 3.34. The van der Waals surface area contributed by atoms with Gasteiger partial charge in [0.1, 0.15) is 11.4 Å². The molecule has 1 aromatic carbocycles. The Labute approximate surface area is 163 Å². The van der Waals surface area contributed by atoms with Crippen LogP contribution in [0.1, 0.15) is 22.5 Å². The quantitative estimate of drug-likeness (QED) is 0.546. The van der Waals surface area contributed by atoms with Crippen molar-refractivity contribution in [1.29, 1.82) is 0 Å². The number of benzene rings is 1. The first-order chi connectivity index (χ1) is 12.9. The van der Waals surface area contributed by atoms with Gasteiger partial charge in [-0.1, -0.05) is 12.1 Å². The number of hydrogen-bond acceptors (Lipinski definition) is 5. The molecule has 0 saturated heterocycles. The molecular weight excluding hydrogens is 420 g/mol. The fourth-order valence-electron chi connectivity index (χ4n) is 2.02. The van der Waals surface area contributed by atoms with Crippen LogP contribution in [0, 0.1) is 0 Å². The third kappa shape index (κ3) is 6.30. The molecule has 27 heavy (non-hydrogen) atoms. The molecule has 0 aliphatic carbocycles. The van der Waals surface area contributed by atoms with Crippen LogP contribution in [-0.2, 0) is 9.59 Å². The van der Waals surface area contributed by atoms with E-state index in [-0.39, 0.29) is 24.4 Å². The zero-order valence-electron chi connectivity index (χ0n) is 14.3. The summed E-state index contributed by atoms with van der Waals surface area (Å²) in [4.78, 5) is 35.3. The van der Waals surface area contributed by atoms with Crippen LogP contribution in [0.3, 0.4) is 0 Å². The van der Waals surface area contributed by atoms with Crippen molar-refractivity contribution in [3.8, 4) is 5.75 Å². The van der Waals surface area contributed by atoms with Gasteiger partial charge in [0.05, 0.1) is 13.5 Å². The Morgan fingerprint density at radius 2 is 1.89 bits per heavy atom. The summed E-state index contributed by atoms with van der Waals surface area (Å²) in [6, 6.07) is 9.83. The molecule has 1 aromatic heterocycles. The summed E-state index contributed by atoms with van der Waals surface area (Å²) in [6.45, 7) is -0.0731. The first-order valence-corrected chi connectivity index (χ1v) is 8.61. The number of carboxylic acid groups (broad SMARTS) is 1. The molecule has 0 aliphatic rings. The van der Waals surface area contributed by atoms with Crippen LogP contribution < -0.4 is 15.4 Å². The molecule has 0 bridgehead atoms. The van der Waals surface area contributed by atoms with Crippen LogP contribution in [0.4, 0.5) is 0 Å². The smallest absolute Gasteiger partial charge is 0.305 e. The average Bonchev–Trinajstić information content (AvgIpc) is 3.08. The molecule has 0 spiro atoms. The first kappa shape index (κ1) is 20.2. The van der Waals surface area contributed by atoms with Gasteiger partial charge in [0.25, 0.3) is 11.8 Å². The van der Waals surface area contributed by atoms with Crippen molar-refractivity contribution < 1.29 is 28.6 Å². The van der Waals surface area contributed by atoms with Gasteiger partial charge >= 0.3 is 5.97 Å². The topological polar surface area (TPSA) is 118 Å². The number of carbonyl (C=O) groups excluding carboxylic acids is 2. The van der Waals surface area contributed by atoms with Crippen molar-refractivity contribution in [3.05, 3.63) is 58.1 Å². The molecule has 0 fully saturated rings. The van der Waals surface area contributed by atoms with Crippen molar-refractivity contribution in [2.45, 2.75) is 6.42 Å². The lowest BCUT2D eigenvalue weighted by atomic mass is 10.1. The van der Waals surface area contributed by atoms with E-state index >= 15 is 0 Å². The van der Waals surface area contributed by atoms with E-state index < -0.39 is 17.8 Å². The lowest BCUT2D eigenvalue weighted by Gasteiger charge is -2.10. The highest BCUT2D eigenvalue weighted by Gasteiger charge is 2.17. The van der Waals surface area contributed by atoms with Crippen LogP contribution >= 0.6 is 15.9 Å². The van der Waals surface area contributed by atoms with E-state index in [1.165, 1.54) is 19.3 Å². The third-order valence-corrected chi connectivity index (χ3v) is 3.77. The molecule has 9 heteroatoms. The van der Waals surface area contributed by atoms with E-state index in [1.54, 1.807) is 30.3 Å². The Hall–Kier alpha value is -3.07. The zero-order valence-corrected chi connectivity index (χ0v) is 15.9. The van der Waals surface area contributed by atoms with Crippen molar-refractivity contribution in [1.82, 2.24) is 10.6 Å². The maximum Gasteiger partial charge on any atom is 0.305 e. The molecular formula is C18H17BrN2O6.